The Balaban J connectivity index is 1.35. The van der Waals surface area contributed by atoms with Crippen molar-refractivity contribution in [1.82, 2.24) is 4.98 Å². The molecule has 0 spiro atoms. The molecule has 0 bridgehead atoms. The van der Waals surface area contributed by atoms with E-state index in [0.29, 0.717) is 41.0 Å². The van der Waals surface area contributed by atoms with Crippen LogP contribution in [0.3, 0.4) is 0 Å². The third-order valence-electron chi connectivity index (χ3n) is 8.54. The van der Waals surface area contributed by atoms with Crippen LogP contribution in [0.15, 0.2) is 29.6 Å². The van der Waals surface area contributed by atoms with Crippen molar-refractivity contribution in [3.63, 3.8) is 0 Å². The normalized spacial score (nSPS) is 33.1. The molecule has 6 nitrogen and oxygen atoms in total. The van der Waals surface area contributed by atoms with Gasteiger partial charge >= 0.3 is 0 Å². The molecule has 6 unspecified atom stereocenters. The first kappa shape index (κ1) is 21.6. The first-order chi connectivity index (χ1) is 15.4. The zero-order chi connectivity index (χ0) is 22.5. The van der Waals surface area contributed by atoms with Crippen molar-refractivity contribution in [2.75, 3.05) is 5.32 Å². The molecule has 0 saturated heterocycles. The molecule has 3 aliphatic rings. The van der Waals surface area contributed by atoms with Crippen LogP contribution in [-0.2, 0) is 11.2 Å². The number of nitrogens with one attached hydrogen (secondary N) is 1. The van der Waals surface area contributed by atoms with Gasteiger partial charge in [0.1, 0.15) is 5.75 Å². The lowest BCUT2D eigenvalue weighted by molar-refractivity contribution is -0.116. The number of aromatic nitrogens is 1. The number of phenols is 1. The summed E-state index contributed by atoms with van der Waals surface area (Å²) in [5.41, 5.74) is 2.57. The molecule has 7 heteroatoms. The van der Waals surface area contributed by atoms with Crippen molar-refractivity contribution >= 4 is 22.4 Å². The van der Waals surface area contributed by atoms with E-state index < -0.39 is 0 Å². The predicted molar refractivity (Wildman–Crippen MR) is 126 cm³/mol. The van der Waals surface area contributed by atoms with E-state index in [9.17, 15) is 14.8 Å². The highest BCUT2D eigenvalue weighted by molar-refractivity contribution is 7.15. The molecule has 1 heterocycles. The number of rotatable bonds is 5. The van der Waals surface area contributed by atoms with Gasteiger partial charge in [0.2, 0.25) is 5.91 Å². The number of thiazole rings is 1. The minimum atomic E-state index is -0.163. The van der Waals surface area contributed by atoms with E-state index in [1.165, 1.54) is 22.5 Å². The van der Waals surface area contributed by atoms with Crippen LogP contribution in [0.5, 0.6) is 5.75 Å². The first-order valence-electron chi connectivity index (χ1n) is 11.8. The Morgan fingerprint density at radius 1 is 1.38 bits per heavy atom. The van der Waals surface area contributed by atoms with Crippen molar-refractivity contribution in [3.8, 4) is 5.75 Å². The Hall–Kier alpha value is -2.28. The number of benzene rings is 1. The summed E-state index contributed by atoms with van der Waals surface area (Å²) in [6, 6.07) is 5.67. The molecule has 6 atom stereocenters. The molecule has 0 aliphatic heterocycles. The van der Waals surface area contributed by atoms with E-state index >= 15 is 0 Å². The van der Waals surface area contributed by atoms with E-state index in [1.807, 2.05) is 19.1 Å². The van der Waals surface area contributed by atoms with Gasteiger partial charge in [-0.25, -0.2) is 4.98 Å². The minimum Gasteiger partial charge on any atom is -0.508 e. The highest BCUT2D eigenvalue weighted by Crippen LogP contribution is 2.64. The maximum Gasteiger partial charge on any atom is 0.226 e. The second-order valence-electron chi connectivity index (χ2n) is 10.2. The average molecular weight is 454 g/mol. The number of anilines is 1. The molecule has 2 fully saturated rings. The molecule has 170 valence electrons. The fourth-order valence-corrected chi connectivity index (χ4v) is 7.88. The van der Waals surface area contributed by atoms with Crippen molar-refractivity contribution < 1.29 is 9.90 Å². The number of hydrogen-bond donors (Lipinski definition) is 2. The monoisotopic (exact) mass is 453 g/mol. The number of fused-ring (bicyclic) bond motifs is 5. The second kappa shape index (κ2) is 8.25. The highest BCUT2D eigenvalue weighted by atomic mass is 32.1. The van der Waals surface area contributed by atoms with Crippen LogP contribution in [0.2, 0.25) is 0 Å². The smallest absolute Gasteiger partial charge is 0.226 e. The maximum atomic E-state index is 12.6. The zero-order valence-corrected chi connectivity index (χ0v) is 19.5. The van der Waals surface area contributed by atoms with Crippen molar-refractivity contribution in [1.29, 1.82) is 0 Å². The molecule has 2 aromatic rings. The van der Waals surface area contributed by atoms with Crippen LogP contribution >= 0.6 is 11.3 Å². The van der Waals surface area contributed by atoms with Crippen LogP contribution in [0, 0.1) is 35.0 Å². The highest BCUT2D eigenvalue weighted by Gasteiger charge is 2.59. The quantitative estimate of drug-likeness (QED) is 0.560. The number of aromatic hydroxyl groups is 1. The third-order valence-corrected chi connectivity index (χ3v) is 9.37. The van der Waals surface area contributed by atoms with Crippen LogP contribution in [0.1, 0.15) is 67.4 Å². The molecular weight excluding hydrogens is 422 g/mol. The fraction of sp³-hybridized carbons (Fsp3) is 0.600. The number of carbonyl (C=O) groups excluding carboxylic acids is 1. The van der Waals surface area contributed by atoms with Crippen LogP contribution in [-0.4, -0.2) is 22.0 Å². The Labute approximate surface area is 192 Å². The number of nitrogens with zero attached hydrogens (tertiary/aromatic N) is 2. The van der Waals surface area contributed by atoms with Gasteiger partial charge in [-0.15, -0.1) is 11.3 Å². The lowest BCUT2D eigenvalue weighted by Gasteiger charge is -2.51. The van der Waals surface area contributed by atoms with E-state index in [1.54, 1.807) is 6.20 Å². The molecule has 1 aromatic heterocycles. The SMILES string of the molecule is Cc1cnc(NC(=O)CCC2CC(N=O)C3(C)CCC4c5ccc(O)cc5CCC4C23)s1. The maximum absolute atomic E-state index is 12.6. The number of phenolic OH excluding ortho intramolecular Hbond substituents is 1. The Morgan fingerprint density at radius 3 is 2.97 bits per heavy atom. The van der Waals surface area contributed by atoms with Gasteiger partial charge in [-0.1, -0.05) is 18.2 Å². The Kier molecular flexibility index (Phi) is 5.56. The predicted octanol–water partition coefficient (Wildman–Crippen LogP) is 5.79. The zero-order valence-electron chi connectivity index (χ0n) is 18.7. The van der Waals surface area contributed by atoms with Gasteiger partial charge in [-0.05, 0) is 97.8 Å². The van der Waals surface area contributed by atoms with E-state index in [0.717, 1.165) is 43.4 Å². The summed E-state index contributed by atoms with van der Waals surface area (Å²) >= 11 is 1.49. The number of aryl methyl sites for hydroxylation is 2. The Morgan fingerprint density at radius 2 is 2.22 bits per heavy atom. The van der Waals surface area contributed by atoms with Gasteiger partial charge in [0.25, 0.3) is 0 Å². The van der Waals surface area contributed by atoms with Gasteiger partial charge in [0, 0.05) is 17.5 Å². The number of amides is 1. The number of nitroso groups, excluding NO2 is 1. The van der Waals surface area contributed by atoms with Crippen molar-refractivity contribution in [2.45, 2.75) is 70.8 Å². The van der Waals surface area contributed by atoms with E-state index in [4.69, 9.17) is 0 Å². The van der Waals surface area contributed by atoms with Crippen LogP contribution in [0.4, 0.5) is 5.13 Å². The molecule has 1 amide bonds. The molecule has 1 aromatic carbocycles. The third kappa shape index (κ3) is 3.64. The first-order valence-corrected chi connectivity index (χ1v) is 12.6. The molecule has 32 heavy (non-hydrogen) atoms. The molecule has 3 aliphatic carbocycles. The molecule has 2 saturated carbocycles. The van der Waals surface area contributed by atoms with Crippen LogP contribution in [0.25, 0.3) is 0 Å². The second-order valence-corrected chi connectivity index (χ2v) is 11.5. The number of carbonyl (C=O) groups is 1. The molecular formula is C25H31N3O3S. The minimum absolute atomic E-state index is 0.000361. The van der Waals surface area contributed by atoms with Crippen LogP contribution < -0.4 is 5.32 Å². The topological polar surface area (TPSA) is 91.7 Å². The van der Waals surface area contributed by atoms with Gasteiger partial charge < -0.3 is 10.4 Å². The van der Waals surface area contributed by atoms with Gasteiger partial charge in [0.15, 0.2) is 5.13 Å². The lowest BCUT2D eigenvalue weighted by Crippen LogP contribution is -2.45. The molecule has 5 rings (SSSR count). The molecule has 2 N–H and O–H groups in total. The number of hydrogen-bond acceptors (Lipinski definition) is 6. The van der Waals surface area contributed by atoms with Gasteiger partial charge in [0.05, 0.1) is 6.04 Å². The fourth-order valence-electron chi connectivity index (χ4n) is 7.20. The van der Waals surface area contributed by atoms with Gasteiger partial charge in [-0.2, -0.15) is 4.91 Å². The summed E-state index contributed by atoms with van der Waals surface area (Å²) in [7, 11) is 0. The summed E-state index contributed by atoms with van der Waals surface area (Å²) < 4.78 is 0. The summed E-state index contributed by atoms with van der Waals surface area (Å²) in [6.07, 6.45) is 7.90. The van der Waals surface area contributed by atoms with Crippen molar-refractivity contribution in [2.24, 2.45) is 28.3 Å². The summed E-state index contributed by atoms with van der Waals surface area (Å²) in [4.78, 5) is 29.7. The van der Waals surface area contributed by atoms with Gasteiger partial charge in [-0.3, -0.25) is 4.79 Å². The average Bonchev–Trinajstić information content (AvgIpc) is 3.31. The van der Waals surface area contributed by atoms with E-state index in [2.05, 4.69) is 28.5 Å². The lowest BCUT2D eigenvalue weighted by atomic mass is 9.53. The van der Waals surface area contributed by atoms with E-state index in [-0.39, 0.29) is 17.4 Å². The largest absolute Gasteiger partial charge is 0.508 e. The molecule has 0 radical (unpaired) electrons. The standard InChI is InChI=1S/C25H31N3O3S/c1-14-13-26-24(32-14)27-22(30)8-4-16-12-21(28-31)25(2)10-9-19-18-7-5-17(29)11-15(18)3-6-20(19)23(16)25/h5,7,11,13,16,19-21,23,29H,3-4,6,8-10,12H2,1-2H3,(H,26,27,30). The summed E-state index contributed by atoms with van der Waals surface area (Å²) in [6.45, 7) is 4.24. The Bertz CT molecular complexity index is 1040. The summed E-state index contributed by atoms with van der Waals surface area (Å²) in [5.74, 6) is 2.05. The van der Waals surface area contributed by atoms with Crippen molar-refractivity contribution in [3.05, 3.63) is 45.3 Å². The summed E-state index contributed by atoms with van der Waals surface area (Å²) in [5, 5.41) is 17.1.